The molecule has 6 heavy (non-hydrogen) atoms. The van der Waals surface area contributed by atoms with E-state index in [2.05, 4.69) is 0 Å². The Morgan fingerprint density at radius 2 is 1.83 bits per heavy atom. The zero-order valence-electron chi connectivity index (χ0n) is 6.02. The van der Waals surface area contributed by atoms with Crippen molar-refractivity contribution in [3.05, 3.63) is 0 Å². The van der Waals surface area contributed by atoms with Crippen LogP contribution in [-0.4, -0.2) is 29.0 Å². The van der Waals surface area contributed by atoms with Crippen LogP contribution in [0.1, 0.15) is 9.78 Å². The van der Waals surface area contributed by atoms with Crippen molar-refractivity contribution in [3.8, 4) is 0 Å². The number of carboxylic acids is 1. The molecule has 0 bridgehead atoms. The van der Waals surface area contributed by atoms with Gasteiger partial charge in [-0.3, -0.25) is 0 Å². The van der Waals surface area contributed by atoms with E-state index in [9.17, 15) is 0 Å². The van der Waals surface area contributed by atoms with Gasteiger partial charge in [0, 0.05) is 5.97 Å². The van der Waals surface area contributed by atoms with Gasteiger partial charge in [-0.05, 0) is 6.92 Å². The first-order chi connectivity index (χ1) is 1.73. The quantitative estimate of drug-likeness (QED) is 0.294. The first-order valence-electron chi connectivity index (χ1n) is 0.908. The summed E-state index contributed by atoms with van der Waals surface area (Å²) in [7, 11) is 0. The van der Waals surface area contributed by atoms with E-state index in [0.717, 1.165) is 6.92 Å². The van der Waals surface area contributed by atoms with Gasteiger partial charge >= 0.3 is 52.6 Å². The van der Waals surface area contributed by atoms with E-state index < -0.39 is 5.97 Å². The Labute approximate surface area is 77.7 Å². The fraction of sp³-hybridized carbons (Fsp3) is 0.500. The Kier molecular flexibility index (Phi) is 24.9. The molecule has 0 amide bonds. The summed E-state index contributed by atoms with van der Waals surface area (Å²) in [5.74, 6) is -1.08. The zero-order chi connectivity index (χ0) is 3.58. The van der Waals surface area contributed by atoms with Crippen LogP contribution in [0.2, 0.25) is 0 Å². The predicted molar refractivity (Wildman–Crippen MR) is 18.7 cm³/mol. The second-order valence-corrected chi connectivity index (χ2v) is 0.492. The molecule has 0 aromatic heterocycles. The Balaban J connectivity index is -0.00000000750. The van der Waals surface area contributed by atoms with Crippen molar-refractivity contribution in [2.75, 3.05) is 0 Å². The summed E-state index contributed by atoms with van der Waals surface area (Å²) in [6.07, 6.45) is 0. The van der Waals surface area contributed by atoms with Gasteiger partial charge in [0.05, 0.1) is 0 Å². The first-order valence-corrected chi connectivity index (χ1v) is 0.908. The maximum atomic E-state index is 8.89. The normalized spacial score (nSPS) is 4.17. The number of hydrogen-bond acceptors (Lipinski definition) is 2. The molecule has 0 aromatic rings. The minimum atomic E-state index is -1.08. The molecule has 0 aliphatic heterocycles. The number of aliphatic carboxylic acids is 1. The van der Waals surface area contributed by atoms with E-state index in [4.69, 9.17) is 9.90 Å². The fourth-order valence-electron chi connectivity index (χ4n) is 0. The van der Waals surface area contributed by atoms with E-state index in [0.29, 0.717) is 0 Å². The van der Waals surface area contributed by atoms with E-state index in [1.54, 1.807) is 0 Å². The summed E-state index contributed by atoms with van der Waals surface area (Å²) in [5.41, 5.74) is 0. The van der Waals surface area contributed by atoms with Crippen LogP contribution in [0.4, 0.5) is 0 Å². The molecule has 0 saturated heterocycles. The minimum Gasteiger partial charge on any atom is -1.00 e. The number of carbonyl (C=O) groups is 1. The van der Waals surface area contributed by atoms with Gasteiger partial charge in [0.1, 0.15) is 0 Å². The number of carbonyl (C=O) groups excluding carboxylic acids is 1. The third kappa shape index (κ3) is 61.5. The Hall–Kier alpha value is 1.24. The molecule has 28 valence electrons. The van der Waals surface area contributed by atoms with Crippen LogP contribution in [-0.2, 0) is 4.79 Å². The number of hydrogen-bond donors (Lipinski definition) is 0. The van der Waals surface area contributed by atoms with Crippen molar-refractivity contribution >= 4 is 29.0 Å². The molecule has 0 rings (SSSR count). The van der Waals surface area contributed by atoms with Crippen LogP contribution >= 0.6 is 0 Å². The second-order valence-electron chi connectivity index (χ2n) is 0.492. The van der Waals surface area contributed by atoms with Gasteiger partial charge < -0.3 is 12.8 Å². The average molecular weight is 108 g/mol. The van der Waals surface area contributed by atoms with Crippen LogP contribution in [0.15, 0.2) is 0 Å². The summed E-state index contributed by atoms with van der Waals surface area (Å²) in [6, 6.07) is 0. The standard InChI is InChI=1S/C2H4O2.Mg.Na.2H/c1-2(3)4;;;;/h1H3,(H,3,4);;;;/q;+2;+1;2*-1/p-1. The van der Waals surface area contributed by atoms with E-state index in [-0.39, 0.29) is 55.5 Å². The van der Waals surface area contributed by atoms with Crippen molar-refractivity contribution in [2.24, 2.45) is 0 Å². The summed E-state index contributed by atoms with van der Waals surface area (Å²) >= 11 is 0. The van der Waals surface area contributed by atoms with Gasteiger partial charge in [-0.15, -0.1) is 0 Å². The van der Waals surface area contributed by atoms with Crippen LogP contribution in [0.3, 0.4) is 0 Å². The molecule has 0 unspecified atom stereocenters. The van der Waals surface area contributed by atoms with Gasteiger partial charge in [0.2, 0.25) is 0 Å². The van der Waals surface area contributed by atoms with Gasteiger partial charge in [-0.25, -0.2) is 0 Å². The average Bonchev–Trinajstić information content (AvgIpc) is 0.811. The van der Waals surface area contributed by atoms with E-state index >= 15 is 0 Å². The molecule has 0 aliphatic rings. The van der Waals surface area contributed by atoms with Gasteiger partial charge in [-0.2, -0.15) is 0 Å². The summed E-state index contributed by atoms with van der Waals surface area (Å²) in [6.45, 7) is 0.972. The van der Waals surface area contributed by atoms with Gasteiger partial charge in [0.15, 0.2) is 0 Å². The van der Waals surface area contributed by atoms with Crippen LogP contribution < -0.4 is 34.7 Å². The fourth-order valence-corrected chi connectivity index (χ4v) is 0. The van der Waals surface area contributed by atoms with Crippen molar-refractivity contribution in [1.82, 2.24) is 0 Å². The largest absolute Gasteiger partial charge is 2.00 e. The first kappa shape index (κ1) is 15.7. The Morgan fingerprint density at radius 3 is 1.83 bits per heavy atom. The SMILES string of the molecule is CC(=O)[O-].[H-].[H-].[Mg+2].[Na+]. The van der Waals surface area contributed by atoms with E-state index in [1.165, 1.54) is 0 Å². The van der Waals surface area contributed by atoms with Crippen molar-refractivity contribution in [2.45, 2.75) is 6.92 Å². The maximum absolute atomic E-state index is 8.89. The van der Waals surface area contributed by atoms with Gasteiger partial charge in [-0.1, -0.05) is 0 Å². The summed E-state index contributed by atoms with van der Waals surface area (Å²) in [4.78, 5) is 8.89. The van der Waals surface area contributed by atoms with Crippen LogP contribution in [0.25, 0.3) is 0 Å². The molecule has 0 N–H and O–H groups in total. The maximum Gasteiger partial charge on any atom is 2.00 e. The topological polar surface area (TPSA) is 40.1 Å². The number of carboxylic acid groups (broad SMARTS) is 1. The number of rotatable bonds is 0. The zero-order valence-corrected chi connectivity index (χ0v) is 7.44. The molecule has 0 aliphatic carbocycles. The Bertz CT molecular complexity index is 41.0. The van der Waals surface area contributed by atoms with Crippen molar-refractivity contribution in [1.29, 1.82) is 0 Å². The molecule has 0 fully saturated rings. The molecule has 0 spiro atoms. The third-order valence-corrected chi connectivity index (χ3v) is 0. The van der Waals surface area contributed by atoms with Crippen LogP contribution in [0.5, 0.6) is 0 Å². The smallest absolute Gasteiger partial charge is 1.00 e. The molecule has 0 aromatic carbocycles. The van der Waals surface area contributed by atoms with Crippen LogP contribution in [0, 0.1) is 0 Å². The molecular weight excluding hydrogens is 103 g/mol. The minimum absolute atomic E-state index is 0. The molecule has 0 radical (unpaired) electrons. The molecular formula is C2H5MgNaO2. The van der Waals surface area contributed by atoms with Gasteiger partial charge in [0.25, 0.3) is 0 Å². The van der Waals surface area contributed by atoms with E-state index in [1.807, 2.05) is 0 Å². The Morgan fingerprint density at radius 1 is 1.83 bits per heavy atom. The summed E-state index contributed by atoms with van der Waals surface area (Å²) in [5, 5.41) is 8.89. The molecule has 2 nitrogen and oxygen atoms in total. The van der Waals surface area contributed by atoms with Crippen molar-refractivity contribution < 1.29 is 42.3 Å². The molecule has 0 saturated carbocycles. The molecule has 0 heterocycles. The third-order valence-electron chi connectivity index (χ3n) is 0. The predicted octanol–water partition coefficient (Wildman–Crippen LogP) is -4.40. The molecule has 0 atom stereocenters. The summed E-state index contributed by atoms with van der Waals surface area (Å²) < 4.78 is 0. The van der Waals surface area contributed by atoms with Crippen molar-refractivity contribution in [3.63, 3.8) is 0 Å². The monoisotopic (exact) mass is 108 g/mol. The molecule has 4 heteroatoms. The second kappa shape index (κ2) is 9.53.